The lowest BCUT2D eigenvalue weighted by molar-refractivity contribution is -0.145. The van der Waals surface area contributed by atoms with E-state index >= 15 is 0 Å². The van der Waals surface area contributed by atoms with E-state index < -0.39 is 24.4 Å². The summed E-state index contributed by atoms with van der Waals surface area (Å²) >= 11 is 0. The molecule has 0 saturated carbocycles. The second-order valence-electron chi connectivity index (χ2n) is 8.51. The molecule has 1 saturated heterocycles. The van der Waals surface area contributed by atoms with E-state index in [9.17, 15) is 20.4 Å². The van der Waals surface area contributed by atoms with Crippen LogP contribution in [-0.2, 0) is 6.54 Å². The Morgan fingerprint density at radius 3 is 2.45 bits per heavy atom. The number of aliphatic hydroxyl groups is 4. The molecule has 7 heteroatoms. The highest BCUT2D eigenvalue weighted by Crippen LogP contribution is 2.20. The summed E-state index contributed by atoms with van der Waals surface area (Å²) in [6.45, 7) is 4.80. The maximum Gasteiger partial charge on any atom is 0.109 e. The highest BCUT2D eigenvalue weighted by Gasteiger charge is 2.40. The fraction of sp³-hybridized carbons (Fsp3) is 0.727. The number of piperidine rings is 1. The summed E-state index contributed by atoms with van der Waals surface area (Å²) in [7, 11) is 4.16. The Labute approximate surface area is 175 Å². The first-order valence-corrected chi connectivity index (χ1v) is 10.7. The Hall–Kier alpha value is -1.22. The lowest BCUT2D eigenvalue weighted by atomic mass is 9.94. The lowest BCUT2D eigenvalue weighted by Gasteiger charge is -2.43. The van der Waals surface area contributed by atoms with Gasteiger partial charge >= 0.3 is 0 Å². The minimum Gasteiger partial charge on any atom is -0.395 e. The number of aryl methyl sites for hydroxylation is 1. The molecule has 29 heavy (non-hydrogen) atoms. The van der Waals surface area contributed by atoms with Crippen LogP contribution < -0.4 is 5.32 Å². The summed E-state index contributed by atoms with van der Waals surface area (Å²) in [5, 5.41) is 42.6. The van der Waals surface area contributed by atoms with Gasteiger partial charge in [-0.15, -0.1) is 0 Å². The molecule has 0 aliphatic carbocycles. The summed E-state index contributed by atoms with van der Waals surface area (Å²) in [6, 6.07) is 6.03. The molecule has 4 atom stereocenters. The molecule has 1 aromatic carbocycles. The fourth-order valence-corrected chi connectivity index (χ4v) is 3.99. The number of hydrogen-bond donors (Lipinski definition) is 5. The molecule has 5 N–H and O–H groups in total. The standard InChI is InChI=1S/C22H39N3O4/c1-16-12-18(9-8-17(16)13-24(2)3)23-10-6-4-5-7-11-25-14-20(27)22(29)21(28)19(25)15-26/h8-9,12,19-23,26-29H,4-7,10-11,13-15H2,1-3H3/t19-,20+,21-,22-/m1/s1. The zero-order valence-electron chi connectivity index (χ0n) is 18.1. The molecule has 2 rings (SSSR count). The largest absolute Gasteiger partial charge is 0.395 e. The average Bonchev–Trinajstić information content (AvgIpc) is 2.67. The van der Waals surface area contributed by atoms with Crippen molar-refractivity contribution in [3.05, 3.63) is 29.3 Å². The number of nitrogens with zero attached hydrogens (tertiary/aromatic N) is 2. The Kier molecular flexibility index (Phi) is 9.82. The summed E-state index contributed by atoms with van der Waals surface area (Å²) in [6.07, 6.45) is 0.887. The van der Waals surface area contributed by atoms with E-state index in [1.807, 2.05) is 4.90 Å². The third-order valence-electron chi connectivity index (χ3n) is 5.75. The highest BCUT2D eigenvalue weighted by atomic mass is 16.4. The van der Waals surface area contributed by atoms with Gasteiger partial charge in [0.05, 0.1) is 18.8 Å². The lowest BCUT2D eigenvalue weighted by Crippen LogP contribution is -2.62. The third-order valence-corrected chi connectivity index (χ3v) is 5.75. The molecular formula is C22H39N3O4. The first-order valence-electron chi connectivity index (χ1n) is 10.7. The molecule has 1 aromatic rings. The van der Waals surface area contributed by atoms with Gasteiger partial charge in [-0.2, -0.15) is 0 Å². The van der Waals surface area contributed by atoms with Crippen molar-refractivity contribution in [2.24, 2.45) is 0 Å². The Balaban J connectivity index is 1.63. The van der Waals surface area contributed by atoms with E-state index in [4.69, 9.17) is 0 Å². The number of hydrogen-bond acceptors (Lipinski definition) is 7. The van der Waals surface area contributed by atoms with Gasteiger partial charge in [-0.05, 0) is 63.7 Å². The van der Waals surface area contributed by atoms with Gasteiger partial charge in [-0.1, -0.05) is 18.9 Å². The fourth-order valence-electron chi connectivity index (χ4n) is 3.99. The summed E-state index contributed by atoms with van der Waals surface area (Å²) < 4.78 is 0. The number of β-amino-alcohol motifs (C(OH)–C–C–N with tert-alkyl or cyclic N) is 1. The molecular weight excluding hydrogens is 370 g/mol. The predicted octanol–water partition coefficient (Wildman–Crippen LogP) is 0.788. The first kappa shape index (κ1) is 24.1. The maximum absolute atomic E-state index is 10.0. The van der Waals surface area contributed by atoms with Gasteiger partial charge in [0.25, 0.3) is 0 Å². The summed E-state index contributed by atoms with van der Waals surface area (Å²) in [5.41, 5.74) is 3.81. The van der Waals surface area contributed by atoms with Crippen molar-refractivity contribution in [1.82, 2.24) is 9.80 Å². The van der Waals surface area contributed by atoms with Crippen molar-refractivity contribution in [1.29, 1.82) is 0 Å². The zero-order valence-corrected chi connectivity index (χ0v) is 18.1. The molecule has 166 valence electrons. The number of nitrogens with one attached hydrogen (secondary N) is 1. The summed E-state index contributed by atoms with van der Waals surface area (Å²) in [4.78, 5) is 4.06. The van der Waals surface area contributed by atoms with E-state index in [0.29, 0.717) is 6.54 Å². The van der Waals surface area contributed by atoms with Gasteiger partial charge in [-0.3, -0.25) is 4.90 Å². The normalized spacial score (nSPS) is 25.5. The van der Waals surface area contributed by atoms with E-state index in [0.717, 1.165) is 44.5 Å². The average molecular weight is 410 g/mol. The molecule has 1 aliphatic heterocycles. The van der Waals surface area contributed by atoms with E-state index in [2.05, 4.69) is 49.4 Å². The molecule has 0 amide bonds. The van der Waals surface area contributed by atoms with Gasteiger partial charge in [0.15, 0.2) is 0 Å². The van der Waals surface area contributed by atoms with Gasteiger partial charge in [0.2, 0.25) is 0 Å². The Bertz CT molecular complexity index is 614. The number of rotatable bonds is 11. The Morgan fingerprint density at radius 1 is 1.07 bits per heavy atom. The molecule has 1 aliphatic rings. The quantitative estimate of drug-likeness (QED) is 0.345. The van der Waals surface area contributed by atoms with Crippen molar-refractivity contribution in [2.75, 3.05) is 45.7 Å². The molecule has 7 nitrogen and oxygen atoms in total. The van der Waals surface area contributed by atoms with Crippen LogP contribution in [0.5, 0.6) is 0 Å². The monoisotopic (exact) mass is 409 g/mol. The van der Waals surface area contributed by atoms with Crippen LogP contribution in [0.1, 0.15) is 36.8 Å². The van der Waals surface area contributed by atoms with E-state index in [1.54, 1.807) is 0 Å². The first-order chi connectivity index (χ1) is 13.8. The Morgan fingerprint density at radius 2 is 1.79 bits per heavy atom. The molecule has 0 spiro atoms. The molecule has 0 aromatic heterocycles. The second kappa shape index (κ2) is 11.8. The van der Waals surface area contributed by atoms with Gasteiger partial charge in [0, 0.05) is 25.3 Å². The van der Waals surface area contributed by atoms with Crippen LogP contribution >= 0.6 is 0 Å². The van der Waals surface area contributed by atoms with Crippen molar-refractivity contribution in [3.8, 4) is 0 Å². The molecule has 0 unspecified atom stereocenters. The van der Waals surface area contributed by atoms with Crippen molar-refractivity contribution in [2.45, 2.75) is 63.5 Å². The van der Waals surface area contributed by atoms with Crippen LogP contribution in [0.15, 0.2) is 18.2 Å². The van der Waals surface area contributed by atoms with E-state index in [1.165, 1.54) is 11.1 Å². The van der Waals surface area contributed by atoms with Crippen LogP contribution in [0, 0.1) is 6.92 Å². The number of unbranched alkanes of at least 4 members (excludes halogenated alkanes) is 3. The zero-order chi connectivity index (χ0) is 21.4. The van der Waals surface area contributed by atoms with Crippen LogP contribution in [0.25, 0.3) is 0 Å². The van der Waals surface area contributed by atoms with Crippen molar-refractivity contribution >= 4 is 5.69 Å². The molecule has 0 radical (unpaired) electrons. The molecule has 1 heterocycles. The van der Waals surface area contributed by atoms with Crippen LogP contribution in [0.4, 0.5) is 5.69 Å². The van der Waals surface area contributed by atoms with Crippen molar-refractivity contribution in [3.63, 3.8) is 0 Å². The van der Waals surface area contributed by atoms with E-state index in [-0.39, 0.29) is 13.2 Å². The second-order valence-corrected chi connectivity index (χ2v) is 8.51. The van der Waals surface area contributed by atoms with Gasteiger partial charge in [0.1, 0.15) is 12.2 Å². The van der Waals surface area contributed by atoms with Gasteiger partial charge in [-0.25, -0.2) is 0 Å². The topological polar surface area (TPSA) is 99.4 Å². The number of anilines is 1. The minimum absolute atomic E-state index is 0.221. The molecule has 0 bridgehead atoms. The van der Waals surface area contributed by atoms with Crippen LogP contribution in [0.2, 0.25) is 0 Å². The SMILES string of the molecule is Cc1cc(NCCCCCCN2C[C@H](O)[C@@H](O)[C@H](O)[C@H]2CO)ccc1CN(C)C. The maximum atomic E-state index is 10.0. The smallest absolute Gasteiger partial charge is 0.109 e. The van der Waals surface area contributed by atoms with Crippen LogP contribution in [-0.4, -0.2) is 94.9 Å². The van der Waals surface area contributed by atoms with Gasteiger partial charge < -0.3 is 30.6 Å². The highest BCUT2D eigenvalue weighted by molar-refractivity contribution is 5.48. The molecule has 1 fully saturated rings. The predicted molar refractivity (Wildman–Crippen MR) is 116 cm³/mol. The van der Waals surface area contributed by atoms with Crippen LogP contribution in [0.3, 0.4) is 0 Å². The number of aliphatic hydroxyl groups excluding tert-OH is 4. The minimum atomic E-state index is -1.19. The third kappa shape index (κ3) is 7.20. The summed E-state index contributed by atoms with van der Waals surface area (Å²) in [5.74, 6) is 0. The van der Waals surface area contributed by atoms with Crippen molar-refractivity contribution < 1.29 is 20.4 Å². The number of benzene rings is 1. The number of likely N-dealkylation sites (tertiary alicyclic amines) is 1.